The zero-order valence-corrected chi connectivity index (χ0v) is 38.2. The van der Waals surface area contributed by atoms with Gasteiger partial charge >= 0.3 is 0 Å². The van der Waals surface area contributed by atoms with Crippen molar-refractivity contribution in [2.75, 3.05) is 4.90 Å². The summed E-state index contributed by atoms with van der Waals surface area (Å²) >= 11 is 3.76. The lowest BCUT2D eigenvalue weighted by Crippen LogP contribution is -2.12. The van der Waals surface area contributed by atoms with Gasteiger partial charge in [0.15, 0.2) is 0 Å². The fourth-order valence-corrected chi connectivity index (χ4v) is 12.8. The van der Waals surface area contributed by atoms with E-state index in [0.717, 1.165) is 33.8 Å². The van der Waals surface area contributed by atoms with Crippen molar-refractivity contribution < 1.29 is 0 Å². The molecule has 0 saturated carbocycles. The number of allylic oxidation sites excluding steroid dienone is 4. The Morgan fingerprint density at radius 1 is 0.403 bits per heavy atom. The molecule has 3 heteroatoms. The van der Waals surface area contributed by atoms with Gasteiger partial charge < -0.3 is 4.90 Å². The maximum absolute atomic E-state index is 4.25. The molecule has 2 heterocycles. The minimum atomic E-state index is 1.02. The van der Waals surface area contributed by atoms with E-state index in [1.165, 1.54) is 100 Å². The van der Waals surface area contributed by atoms with Crippen LogP contribution in [0, 0.1) is 0 Å². The molecular weight excluding hydrogens is 847 g/mol. The summed E-state index contributed by atoms with van der Waals surface area (Å²) in [5.41, 5.74) is 10.1. The minimum absolute atomic E-state index is 1.02. The van der Waals surface area contributed by atoms with Crippen molar-refractivity contribution in [1.29, 1.82) is 0 Å². The van der Waals surface area contributed by atoms with Crippen LogP contribution in [-0.4, -0.2) is 0 Å². The van der Waals surface area contributed by atoms with Gasteiger partial charge in [-0.25, -0.2) is 0 Å². The van der Waals surface area contributed by atoms with E-state index < -0.39 is 0 Å². The van der Waals surface area contributed by atoms with Gasteiger partial charge in [-0.05, 0) is 121 Å². The van der Waals surface area contributed by atoms with Crippen LogP contribution in [0.25, 0.3) is 111 Å². The van der Waals surface area contributed by atoms with E-state index in [9.17, 15) is 0 Å². The van der Waals surface area contributed by atoms with Gasteiger partial charge in [-0.3, -0.25) is 0 Å². The number of fused-ring (bicyclic) bond motifs is 13. The summed E-state index contributed by atoms with van der Waals surface area (Å²) in [5.74, 6) is 0. The van der Waals surface area contributed by atoms with Crippen LogP contribution >= 0.6 is 22.7 Å². The first kappa shape index (κ1) is 39.3. The molecule has 0 saturated heterocycles. The van der Waals surface area contributed by atoms with Crippen LogP contribution in [-0.2, 0) is 0 Å². The van der Waals surface area contributed by atoms with Gasteiger partial charge in [-0.15, -0.1) is 22.7 Å². The average Bonchev–Trinajstić information content (AvgIpc) is 3.98. The first-order chi connectivity index (χ1) is 33.1. The lowest BCUT2D eigenvalue weighted by atomic mass is 9.91. The van der Waals surface area contributed by atoms with E-state index in [1.807, 2.05) is 40.9 Å². The third kappa shape index (κ3) is 6.35. The van der Waals surface area contributed by atoms with Crippen LogP contribution in [0.3, 0.4) is 0 Å². The van der Waals surface area contributed by atoms with Gasteiger partial charge in [0.2, 0.25) is 0 Å². The van der Waals surface area contributed by atoms with Crippen molar-refractivity contribution in [2.24, 2.45) is 0 Å². The standard InChI is InChI=1S/C64H41NS2/c1-3-14-40(4-2)45-27-33-57(53(37-45)54-39-47-18-8-12-23-52(47)63-62-51-22-11-7-17-44(51)29-36-60(62)67-64(54)63)65(56-24-13-19-42-15-5-9-20-49(42)56)48-31-25-41(26-32-48)46-30-34-58-55(38-46)61-50-21-10-6-16-43(50)28-35-59(61)66-58/h3-39H,1-2H2/b40-14+. The average molecular weight is 888 g/mol. The molecule has 0 N–H and O–H groups in total. The summed E-state index contributed by atoms with van der Waals surface area (Å²) in [6.45, 7) is 8.31. The number of anilines is 3. The molecule has 0 aliphatic rings. The van der Waals surface area contributed by atoms with E-state index in [2.05, 4.69) is 224 Å². The molecule has 0 atom stereocenters. The van der Waals surface area contributed by atoms with E-state index in [4.69, 9.17) is 0 Å². The molecule has 0 amide bonds. The van der Waals surface area contributed by atoms with E-state index in [1.54, 1.807) is 0 Å². The summed E-state index contributed by atoms with van der Waals surface area (Å²) in [5, 5.41) is 15.2. The molecule has 1 nitrogen and oxygen atoms in total. The van der Waals surface area contributed by atoms with E-state index in [-0.39, 0.29) is 0 Å². The van der Waals surface area contributed by atoms with Crippen molar-refractivity contribution >= 4 is 129 Å². The molecule has 13 rings (SSSR count). The zero-order chi connectivity index (χ0) is 44.6. The number of thiophene rings is 2. The van der Waals surface area contributed by atoms with Gasteiger partial charge in [0, 0.05) is 62.5 Å². The highest BCUT2D eigenvalue weighted by Crippen LogP contribution is 2.51. The van der Waals surface area contributed by atoms with Gasteiger partial charge in [0.25, 0.3) is 0 Å². The fourth-order valence-electron chi connectivity index (χ4n) is 10.5. The quantitative estimate of drug-likeness (QED) is 0.137. The Hall–Kier alpha value is -8.08. The van der Waals surface area contributed by atoms with E-state index >= 15 is 0 Å². The number of hydrogen-bond acceptors (Lipinski definition) is 3. The highest BCUT2D eigenvalue weighted by Gasteiger charge is 2.24. The maximum atomic E-state index is 4.25. The largest absolute Gasteiger partial charge is 0.309 e. The third-order valence-corrected chi connectivity index (χ3v) is 15.9. The third-order valence-electron chi connectivity index (χ3n) is 13.6. The second-order valence-corrected chi connectivity index (χ2v) is 19.4. The Morgan fingerprint density at radius 2 is 1.00 bits per heavy atom. The highest BCUT2D eigenvalue weighted by atomic mass is 32.1. The van der Waals surface area contributed by atoms with Gasteiger partial charge in [-0.1, -0.05) is 177 Å². The molecule has 0 spiro atoms. The highest BCUT2D eigenvalue weighted by molar-refractivity contribution is 7.27. The second kappa shape index (κ2) is 15.8. The Balaban J connectivity index is 1.07. The van der Waals surface area contributed by atoms with Crippen molar-refractivity contribution in [2.45, 2.75) is 0 Å². The minimum Gasteiger partial charge on any atom is -0.309 e. The molecule has 0 aliphatic carbocycles. The molecule has 0 unspecified atom stereocenters. The van der Waals surface area contributed by atoms with Crippen LogP contribution < -0.4 is 4.90 Å². The molecule has 13 aromatic rings. The Kier molecular flexibility index (Phi) is 9.28. The molecular formula is C64H41NS2. The lowest BCUT2D eigenvalue weighted by Gasteiger charge is -2.30. The van der Waals surface area contributed by atoms with Crippen molar-refractivity contribution in [3.8, 4) is 22.3 Å². The number of rotatable bonds is 8. The smallest absolute Gasteiger partial charge is 0.0541 e. The molecule has 0 aliphatic heterocycles. The summed E-state index contributed by atoms with van der Waals surface area (Å²) in [6, 6.07) is 76.4. The summed E-state index contributed by atoms with van der Waals surface area (Å²) < 4.78 is 5.18. The maximum Gasteiger partial charge on any atom is 0.0541 e. The fraction of sp³-hybridized carbons (Fsp3) is 0. The molecule has 67 heavy (non-hydrogen) atoms. The van der Waals surface area contributed by atoms with Gasteiger partial charge in [0.05, 0.1) is 11.4 Å². The van der Waals surface area contributed by atoms with Gasteiger partial charge in [-0.2, -0.15) is 0 Å². The first-order valence-electron chi connectivity index (χ1n) is 22.7. The van der Waals surface area contributed by atoms with Crippen LogP contribution in [0.15, 0.2) is 238 Å². The number of hydrogen-bond donors (Lipinski definition) is 0. The van der Waals surface area contributed by atoms with Crippen LogP contribution in [0.4, 0.5) is 17.1 Å². The molecule has 0 radical (unpaired) electrons. The Labute approximate surface area is 396 Å². The molecule has 0 bridgehead atoms. The summed E-state index contributed by atoms with van der Waals surface area (Å²) in [6.07, 6.45) is 5.83. The van der Waals surface area contributed by atoms with Crippen molar-refractivity contribution in [1.82, 2.24) is 0 Å². The predicted molar refractivity (Wildman–Crippen MR) is 296 cm³/mol. The van der Waals surface area contributed by atoms with Crippen molar-refractivity contribution in [3.05, 3.63) is 243 Å². The number of nitrogens with zero attached hydrogens (tertiary/aromatic N) is 1. The zero-order valence-electron chi connectivity index (χ0n) is 36.5. The summed E-state index contributed by atoms with van der Waals surface area (Å²) in [7, 11) is 0. The van der Waals surface area contributed by atoms with Gasteiger partial charge in [0.1, 0.15) is 0 Å². The predicted octanol–water partition coefficient (Wildman–Crippen LogP) is 19.6. The second-order valence-electron chi connectivity index (χ2n) is 17.3. The summed E-state index contributed by atoms with van der Waals surface area (Å²) in [4.78, 5) is 2.47. The SMILES string of the molecule is C=C/C=C(\C=C)c1ccc(N(c2ccc(-c3ccc4sc5ccc6ccccc6c5c4c3)cc2)c2cccc3ccccc23)c(-c2cc3ccccc3c3c2sc2ccc4ccccc4c23)c1. The number of benzene rings is 11. The Morgan fingerprint density at radius 3 is 1.72 bits per heavy atom. The first-order valence-corrected chi connectivity index (χ1v) is 24.3. The van der Waals surface area contributed by atoms with Crippen LogP contribution in [0.2, 0.25) is 0 Å². The van der Waals surface area contributed by atoms with Crippen molar-refractivity contribution in [3.63, 3.8) is 0 Å². The normalized spacial score (nSPS) is 12.1. The lowest BCUT2D eigenvalue weighted by molar-refractivity contribution is 1.30. The monoisotopic (exact) mass is 887 g/mol. The molecule has 314 valence electrons. The molecule has 2 aromatic heterocycles. The topological polar surface area (TPSA) is 3.24 Å². The molecule has 0 fully saturated rings. The Bertz CT molecular complexity index is 4200. The molecule has 11 aromatic carbocycles. The van der Waals surface area contributed by atoms with E-state index in [0.29, 0.717) is 0 Å². The van der Waals surface area contributed by atoms with Crippen LogP contribution in [0.1, 0.15) is 5.56 Å². The van der Waals surface area contributed by atoms with Crippen LogP contribution in [0.5, 0.6) is 0 Å².